The normalized spacial score (nSPS) is 11.4. The van der Waals surface area contributed by atoms with E-state index in [1.807, 2.05) is 6.07 Å². The van der Waals surface area contributed by atoms with E-state index in [9.17, 15) is 8.42 Å². The first-order valence-corrected chi connectivity index (χ1v) is 6.55. The molecule has 15 heavy (non-hydrogen) atoms. The van der Waals surface area contributed by atoms with Crippen LogP contribution in [0.15, 0.2) is 28.6 Å². The van der Waals surface area contributed by atoms with Gasteiger partial charge in [-0.05, 0) is 12.1 Å². The molecule has 0 atom stereocenters. The van der Waals surface area contributed by atoms with E-state index in [1.165, 1.54) is 0 Å². The van der Waals surface area contributed by atoms with Crippen LogP contribution in [0.3, 0.4) is 0 Å². The number of nitrogens with zero attached hydrogens (tertiary/aromatic N) is 2. The summed E-state index contributed by atoms with van der Waals surface area (Å²) >= 11 is 1.09. The number of hydrogen-bond acceptors (Lipinski definition) is 5. The predicted molar refractivity (Wildman–Crippen MR) is 57.3 cm³/mol. The number of nitriles is 1. The van der Waals surface area contributed by atoms with E-state index in [0.717, 1.165) is 16.0 Å². The third kappa shape index (κ3) is 1.84. The molecule has 0 aliphatic heterocycles. The molecule has 0 spiro atoms. The van der Waals surface area contributed by atoms with Gasteiger partial charge in [-0.1, -0.05) is 12.1 Å². The van der Waals surface area contributed by atoms with Crippen LogP contribution in [-0.4, -0.2) is 19.2 Å². The lowest BCUT2D eigenvalue weighted by Crippen LogP contribution is -2.03. The molecule has 0 N–H and O–H groups in total. The maximum absolute atomic E-state index is 11.5. The van der Waals surface area contributed by atoms with E-state index in [1.54, 1.807) is 24.3 Å². The summed E-state index contributed by atoms with van der Waals surface area (Å²) in [6, 6.07) is 8.80. The summed E-state index contributed by atoms with van der Waals surface area (Å²) in [5.74, 6) is -0.521. The minimum absolute atomic E-state index is 0.0188. The third-order valence-electron chi connectivity index (χ3n) is 1.79. The summed E-state index contributed by atoms with van der Waals surface area (Å²) in [6.45, 7) is 0. The summed E-state index contributed by atoms with van der Waals surface area (Å²) < 4.78 is 23.9. The Labute approximate surface area is 90.7 Å². The second-order valence-electron chi connectivity index (χ2n) is 2.86. The zero-order chi connectivity index (χ0) is 10.9. The maximum atomic E-state index is 11.5. The average molecular weight is 238 g/mol. The number of thiazole rings is 1. The minimum atomic E-state index is -3.53. The molecule has 0 fully saturated rings. The van der Waals surface area contributed by atoms with Crippen LogP contribution in [0.4, 0.5) is 0 Å². The van der Waals surface area contributed by atoms with Crippen molar-refractivity contribution in [3.8, 4) is 6.07 Å². The molecular formula is C9H6N2O2S2. The summed E-state index contributed by atoms with van der Waals surface area (Å²) in [6.07, 6.45) is 0. The molecule has 1 aromatic heterocycles. The van der Waals surface area contributed by atoms with Crippen LogP contribution in [0.2, 0.25) is 0 Å². The van der Waals surface area contributed by atoms with Gasteiger partial charge in [0, 0.05) is 0 Å². The fraction of sp³-hybridized carbons (Fsp3) is 0.111. The van der Waals surface area contributed by atoms with Crippen LogP contribution >= 0.6 is 11.3 Å². The number of fused-ring (bicyclic) bond motifs is 1. The molecule has 1 aromatic carbocycles. The Hall–Kier alpha value is -1.45. The molecule has 2 rings (SSSR count). The van der Waals surface area contributed by atoms with E-state index >= 15 is 0 Å². The number of hydrogen-bond donors (Lipinski definition) is 0. The third-order valence-corrected chi connectivity index (χ3v) is 4.77. The van der Waals surface area contributed by atoms with Gasteiger partial charge in [0.1, 0.15) is 5.75 Å². The number of sulfone groups is 1. The van der Waals surface area contributed by atoms with Crippen LogP contribution in [-0.2, 0) is 9.84 Å². The first-order valence-electron chi connectivity index (χ1n) is 4.09. The topological polar surface area (TPSA) is 70.8 Å². The summed E-state index contributed by atoms with van der Waals surface area (Å²) in [5.41, 5.74) is 0.652. The molecule has 0 amide bonds. The van der Waals surface area contributed by atoms with Gasteiger partial charge in [-0.2, -0.15) is 5.26 Å². The first kappa shape index (κ1) is 10.1. The molecule has 0 unspecified atom stereocenters. The molecule has 0 aliphatic rings. The van der Waals surface area contributed by atoms with Gasteiger partial charge >= 0.3 is 0 Å². The molecule has 0 saturated carbocycles. The summed E-state index contributed by atoms with van der Waals surface area (Å²) in [7, 11) is -3.53. The smallest absolute Gasteiger partial charge is 0.218 e. The highest BCUT2D eigenvalue weighted by atomic mass is 32.2. The Morgan fingerprint density at radius 2 is 2.13 bits per heavy atom. The van der Waals surface area contributed by atoms with Crippen molar-refractivity contribution >= 4 is 31.4 Å². The summed E-state index contributed by atoms with van der Waals surface area (Å²) in [5, 5.41) is 8.39. The molecule has 1 heterocycles. The molecule has 6 heteroatoms. The second kappa shape index (κ2) is 3.61. The van der Waals surface area contributed by atoms with Crippen LogP contribution in [0.1, 0.15) is 0 Å². The van der Waals surface area contributed by atoms with Crippen molar-refractivity contribution in [3.05, 3.63) is 24.3 Å². The monoisotopic (exact) mass is 238 g/mol. The van der Waals surface area contributed by atoms with Gasteiger partial charge in [0.05, 0.1) is 16.3 Å². The molecule has 0 aliphatic carbocycles. The lowest BCUT2D eigenvalue weighted by atomic mass is 10.3. The maximum Gasteiger partial charge on any atom is 0.218 e. The van der Waals surface area contributed by atoms with E-state index < -0.39 is 15.6 Å². The quantitative estimate of drug-likeness (QED) is 0.796. The fourth-order valence-electron chi connectivity index (χ4n) is 1.13. The van der Waals surface area contributed by atoms with Gasteiger partial charge in [-0.25, -0.2) is 13.4 Å². The number of aromatic nitrogens is 1. The summed E-state index contributed by atoms with van der Waals surface area (Å²) in [4.78, 5) is 3.98. The van der Waals surface area contributed by atoms with Crippen LogP contribution in [0, 0.1) is 11.3 Å². The Bertz CT molecular complexity index is 604. The Balaban J connectivity index is 2.60. The largest absolute Gasteiger partial charge is 0.225 e. The highest BCUT2D eigenvalue weighted by molar-refractivity contribution is 7.93. The zero-order valence-corrected chi connectivity index (χ0v) is 9.18. The lowest BCUT2D eigenvalue weighted by Gasteiger charge is -1.90. The Kier molecular flexibility index (Phi) is 2.42. The van der Waals surface area contributed by atoms with E-state index in [-0.39, 0.29) is 4.34 Å². The van der Waals surface area contributed by atoms with E-state index in [0.29, 0.717) is 5.52 Å². The first-order chi connectivity index (χ1) is 7.13. The molecule has 0 radical (unpaired) electrons. The van der Waals surface area contributed by atoms with Crippen molar-refractivity contribution in [2.45, 2.75) is 4.34 Å². The van der Waals surface area contributed by atoms with Crippen LogP contribution in [0.25, 0.3) is 10.2 Å². The van der Waals surface area contributed by atoms with Gasteiger partial charge in [-0.3, -0.25) is 0 Å². The van der Waals surface area contributed by atoms with E-state index in [4.69, 9.17) is 5.26 Å². The van der Waals surface area contributed by atoms with Crippen molar-refractivity contribution in [2.24, 2.45) is 0 Å². The van der Waals surface area contributed by atoms with Gasteiger partial charge in [0.2, 0.25) is 14.2 Å². The molecular weight excluding hydrogens is 232 g/mol. The molecule has 0 saturated heterocycles. The molecule has 4 nitrogen and oxygen atoms in total. The molecule has 0 bridgehead atoms. The predicted octanol–water partition coefficient (Wildman–Crippen LogP) is 1.59. The SMILES string of the molecule is N#CCS(=O)(=O)c1nc2ccccc2s1. The fourth-order valence-corrected chi connectivity index (χ4v) is 3.31. The highest BCUT2D eigenvalue weighted by Crippen LogP contribution is 2.25. The number of benzene rings is 1. The molecule has 76 valence electrons. The second-order valence-corrected chi connectivity index (χ2v) is 6.06. The highest BCUT2D eigenvalue weighted by Gasteiger charge is 2.18. The van der Waals surface area contributed by atoms with Crippen LogP contribution in [0.5, 0.6) is 0 Å². The van der Waals surface area contributed by atoms with Crippen molar-refractivity contribution in [1.82, 2.24) is 4.98 Å². The van der Waals surface area contributed by atoms with Crippen molar-refractivity contribution in [1.29, 1.82) is 5.26 Å². The van der Waals surface area contributed by atoms with Crippen molar-refractivity contribution in [2.75, 3.05) is 5.75 Å². The van der Waals surface area contributed by atoms with Gasteiger partial charge in [0.15, 0.2) is 0 Å². The van der Waals surface area contributed by atoms with Crippen molar-refractivity contribution in [3.63, 3.8) is 0 Å². The average Bonchev–Trinajstić information content (AvgIpc) is 2.61. The standard InChI is InChI=1S/C9H6N2O2S2/c10-5-6-15(12,13)9-11-7-3-1-2-4-8(7)14-9/h1-4H,6H2. The lowest BCUT2D eigenvalue weighted by molar-refractivity contribution is 0.599. The zero-order valence-electron chi connectivity index (χ0n) is 7.54. The number of rotatable bonds is 2. The Morgan fingerprint density at radius 1 is 1.40 bits per heavy atom. The minimum Gasteiger partial charge on any atom is -0.225 e. The van der Waals surface area contributed by atoms with Gasteiger partial charge < -0.3 is 0 Å². The van der Waals surface area contributed by atoms with Crippen molar-refractivity contribution < 1.29 is 8.42 Å². The number of para-hydroxylation sites is 1. The Morgan fingerprint density at radius 3 is 2.80 bits per heavy atom. The van der Waals surface area contributed by atoms with Crippen LogP contribution < -0.4 is 0 Å². The molecule has 2 aromatic rings. The van der Waals surface area contributed by atoms with Gasteiger partial charge in [-0.15, -0.1) is 11.3 Å². The van der Waals surface area contributed by atoms with Gasteiger partial charge in [0.25, 0.3) is 0 Å². The van der Waals surface area contributed by atoms with E-state index in [2.05, 4.69) is 4.98 Å².